The van der Waals surface area contributed by atoms with E-state index >= 15 is 0 Å². The third kappa shape index (κ3) is 10.3. The van der Waals surface area contributed by atoms with Crippen LogP contribution in [0.3, 0.4) is 0 Å². The first-order valence-electron chi connectivity index (χ1n) is 20.5. The fourth-order valence-electron chi connectivity index (χ4n) is 11.7. The molecule has 0 saturated heterocycles. The van der Waals surface area contributed by atoms with Gasteiger partial charge in [-0.05, 0) is 104 Å². The molecule has 5 saturated carbocycles. The summed E-state index contributed by atoms with van der Waals surface area (Å²) >= 11 is 0. The summed E-state index contributed by atoms with van der Waals surface area (Å²) in [5, 5.41) is 0. The Morgan fingerprint density at radius 3 is 1.83 bits per heavy atom. The smallest absolute Gasteiger partial charge is 0.0324 e. The summed E-state index contributed by atoms with van der Waals surface area (Å²) in [5.41, 5.74) is 0. The molecule has 0 heteroatoms. The van der Waals surface area contributed by atoms with Gasteiger partial charge in [-0.1, -0.05) is 163 Å². The van der Waals surface area contributed by atoms with Crippen LogP contribution in [0.25, 0.3) is 0 Å². The molecular weight excluding hydrogens is 504 g/mol. The van der Waals surface area contributed by atoms with E-state index in [1.807, 2.05) is 0 Å². The normalized spacial score (nSPS) is 40.2. The van der Waals surface area contributed by atoms with E-state index < -0.39 is 0 Å². The van der Waals surface area contributed by atoms with Crippen LogP contribution in [-0.4, -0.2) is 0 Å². The minimum atomic E-state index is 1.00. The zero-order valence-corrected chi connectivity index (χ0v) is 29.7. The monoisotopic (exact) mass is 583 g/mol. The number of hydrogen-bond donors (Lipinski definition) is 0. The summed E-state index contributed by atoms with van der Waals surface area (Å²) in [6.07, 6.45) is 39.6. The van der Waals surface area contributed by atoms with Crippen LogP contribution in [0, 0.1) is 65.1 Å². The maximum absolute atomic E-state index is 2.62. The lowest BCUT2D eigenvalue weighted by molar-refractivity contribution is 0.00764. The highest BCUT2D eigenvalue weighted by Crippen LogP contribution is 2.55. The van der Waals surface area contributed by atoms with E-state index in [2.05, 4.69) is 34.6 Å². The highest BCUT2D eigenvalue weighted by molar-refractivity contribution is 4.96. The van der Waals surface area contributed by atoms with E-state index in [0.717, 1.165) is 65.1 Å². The van der Waals surface area contributed by atoms with Crippen molar-refractivity contribution in [1.29, 1.82) is 0 Å². The van der Waals surface area contributed by atoms with E-state index in [0.29, 0.717) is 0 Å². The Hall–Kier alpha value is 0. The highest BCUT2D eigenvalue weighted by atomic mass is 14.5. The molecule has 8 unspecified atom stereocenters. The largest absolute Gasteiger partial charge is 0.0654 e. The SMILES string of the molecule is CCC1CCC(CCC2CCC(C)CC2CC)CC1.CCCCC1C(C)CC2CCCC2C1C1CCCCCCCC1. The van der Waals surface area contributed by atoms with Crippen molar-refractivity contribution in [3.05, 3.63) is 0 Å². The Morgan fingerprint density at radius 2 is 1.17 bits per heavy atom. The average Bonchev–Trinajstić information content (AvgIpc) is 3.52. The van der Waals surface area contributed by atoms with Crippen LogP contribution in [0.5, 0.6) is 0 Å². The molecule has 0 spiro atoms. The van der Waals surface area contributed by atoms with Gasteiger partial charge in [0.1, 0.15) is 0 Å². The third-order valence-electron chi connectivity index (χ3n) is 14.4. The highest BCUT2D eigenvalue weighted by Gasteiger charge is 2.47. The zero-order chi connectivity index (χ0) is 29.7. The van der Waals surface area contributed by atoms with Crippen molar-refractivity contribution in [3.8, 4) is 0 Å². The number of rotatable bonds is 9. The molecule has 0 bridgehead atoms. The first kappa shape index (κ1) is 34.9. The van der Waals surface area contributed by atoms with Crippen molar-refractivity contribution in [2.75, 3.05) is 0 Å². The lowest BCUT2D eigenvalue weighted by Gasteiger charge is -2.48. The molecule has 0 aromatic rings. The van der Waals surface area contributed by atoms with Crippen molar-refractivity contribution in [3.63, 3.8) is 0 Å². The third-order valence-corrected chi connectivity index (χ3v) is 14.4. The van der Waals surface area contributed by atoms with Crippen LogP contribution in [0.4, 0.5) is 0 Å². The molecule has 246 valence electrons. The predicted octanol–water partition coefficient (Wildman–Crippen LogP) is 14.1. The minimum Gasteiger partial charge on any atom is -0.0654 e. The second-order valence-electron chi connectivity index (χ2n) is 17.1. The van der Waals surface area contributed by atoms with Crippen molar-refractivity contribution < 1.29 is 0 Å². The summed E-state index contributed by atoms with van der Waals surface area (Å²) in [7, 11) is 0. The van der Waals surface area contributed by atoms with E-state index in [-0.39, 0.29) is 0 Å². The van der Waals surface area contributed by atoms with E-state index in [9.17, 15) is 0 Å². The molecule has 5 aliphatic rings. The second-order valence-corrected chi connectivity index (χ2v) is 17.1. The molecule has 0 radical (unpaired) electrons. The predicted molar refractivity (Wildman–Crippen MR) is 187 cm³/mol. The van der Waals surface area contributed by atoms with Crippen molar-refractivity contribution >= 4 is 0 Å². The molecule has 0 N–H and O–H groups in total. The summed E-state index contributed by atoms with van der Waals surface area (Å²) < 4.78 is 0. The molecule has 0 aromatic heterocycles. The Bertz CT molecular complexity index is 676. The number of unbranched alkanes of at least 4 members (excludes halogenated alkanes) is 1. The van der Waals surface area contributed by atoms with Crippen LogP contribution in [-0.2, 0) is 0 Å². The van der Waals surface area contributed by atoms with Crippen LogP contribution in [0.1, 0.15) is 202 Å². The van der Waals surface area contributed by atoms with Gasteiger partial charge in [0, 0.05) is 0 Å². The molecule has 5 aliphatic carbocycles. The molecule has 5 rings (SSSR count). The molecule has 8 atom stereocenters. The fourth-order valence-corrected chi connectivity index (χ4v) is 11.7. The Balaban J connectivity index is 0.000000197. The molecule has 0 amide bonds. The van der Waals surface area contributed by atoms with Gasteiger partial charge in [-0.3, -0.25) is 0 Å². The van der Waals surface area contributed by atoms with Gasteiger partial charge in [0.2, 0.25) is 0 Å². The molecule has 0 aliphatic heterocycles. The van der Waals surface area contributed by atoms with Gasteiger partial charge in [0.05, 0.1) is 0 Å². The molecule has 0 nitrogen and oxygen atoms in total. The number of fused-ring (bicyclic) bond motifs is 1. The van der Waals surface area contributed by atoms with Crippen LogP contribution >= 0.6 is 0 Å². The summed E-state index contributed by atoms with van der Waals surface area (Å²) in [6, 6.07) is 0. The minimum absolute atomic E-state index is 1.00. The molecule has 0 aromatic carbocycles. The van der Waals surface area contributed by atoms with Crippen LogP contribution in [0.15, 0.2) is 0 Å². The topological polar surface area (TPSA) is 0 Å². The van der Waals surface area contributed by atoms with Crippen LogP contribution in [0.2, 0.25) is 0 Å². The maximum Gasteiger partial charge on any atom is -0.0324 e. The van der Waals surface area contributed by atoms with Gasteiger partial charge in [0.25, 0.3) is 0 Å². The van der Waals surface area contributed by atoms with Gasteiger partial charge >= 0.3 is 0 Å². The van der Waals surface area contributed by atoms with E-state index in [4.69, 9.17) is 0 Å². The molecular formula is C42H78. The maximum atomic E-state index is 2.62. The molecule has 5 fully saturated rings. The van der Waals surface area contributed by atoms with Gasteiger partial charge in [-0.15, -0.1) is 0 Å². The first-order chi connectivity index (χ1) is 20.5. The zero-order valence-electron chi connectivity index (χ0n) is 29.7. The Labute approximate surface area is 266 Å². The molecule has 0 heterocycles. The Morgan fingerprint density at radius 1 is 0.500 bits per heavy atom. The quantitative estimate of drug-likeness (QED) is 0.254. The van der Waals surface area contributed by atoms with Crippen LogP contribution < -0.4 is 0 Å². The van der Waals surface area contributed by atoms with Gasteiger partial charge in [-0.2, -0.15) is 0 Å². The van der Waals surface area contributed by atoms with Crippen molar-refractivity contribution in [2.45, 2.75) is 202 Å². The Kier molecular flexibility index (Phi) is 15.6. The summed E-state index contributed by atoms with van der Waals surface area (Å²) in [6.45, 7) is 12.3. The number of hydrogen-bond acceptors (Lipinski definition) is 0. The van der Waals surface area contributed by atoms with Crippen molar-refractivity contribution in [1.82, 2.24) is 0 Å². The first-order valence-corrected chi connectivity index (χ1v) is 20.5. The van der Waals surface area contributed by atoms with Gasteiger partial charge in [0.15, 0.2) is 0 Å². The average molecular weight is 583 g/mol. The lowest BCUT2D eigenvalue weighted by Crippen LogP contribution is -2.41. The second kappa shape index (κ2) is 18.8. The van der Waals surface area contributed by atoms with E-state index in [1.54, 1.807) is 70.6 Å². The lowest BCUT2D eigenvalue weighted by atomic mass is 9.57. The summed E-state index contributed by atoms with van der Waals surface area (Å²) in [5.74, 6) is 11.8. The van der Waals surface area contributed by atoms with Crippen molar-refractivity contribution in [2.24, 2.45) is 65.1 Å². The van der Waals surface area contributed by atoms with E-state index in [1.165, 1.54) is 96.3 Å². The standard InChI is InChI=1S/C23H42.C19H36/c1-3-4-15-21-18(2)17-20-14-11-16-22(20)23(21)19-12-9-7-5-6-8-10-13-19;1-4-16-7-9-17(10-8-16)11-13-19-12-6-15(3)14-18(19)5-2/h18-23H,3-17H2,1-2H3;15-19H,4-14H2,1-3H3. The van der Waals surface area contributed by atoms with Gasteiger partial charge in [-0.25, -0.2) is 0 Å². The summed E-state index contributed by atoms with van der Waals surface area (Å²) in [4.78, 5) is 0. The van der Waals surface area contributed by atoms with Gasteiger partial charge < -0.3 is 0 Å². The fraction of sp³-hybridized carbons (Fsp3) is 1.00. The molecule has 42 heavy (non-hydrogen) atoms.